The Kier molecular flexibility index (Phi) is 10.3. The maximum Gasteiger partial charge on any atom is 0.338 e. The summed E-state index contributed by atoms with van der Waals surface area (Å²) in [6.07, 6.45) is 1.68. The number of anilines is 1. The van der Waals surface area contributed by atoms with E-state index >= 15 is 0 Å². The highest BCUT2D eigenvalue weighted by atomic mass is 32.1. The topological polar surface area (TPSA) is 161 Å². The number of methoxy groups -OCH3 is 1. The molecule has 0 radical (unpaired) electrons. The number of aromatic nitrogens is 1. The molecule has 1 aromatic heterocycles. The monoisotopic (exact) mass is 672 g/mol. The Morgan fingerprint density at radius 1 is 1.04 bits per heavy atom. The van der Waals surface area contributed by atoms with Crippen LogP contribution in [0, 0.1) is 10.1 Å². The molecule has 2 heterocycles. The quantitative estimate of drug-likeness (QED) is 0.133. The van der Waals surface area contributed by atoms with E-state index in [0.29, 0.717) is 44.3 Å². The molecule has 5 rings (SSSR count). The van der Waals surface area contributed by atoms with Crippen molar-refractivity contribution >= 4 is 40.7 Å². The molecule has 0 bridgehead atoms. The molecule has 1 aliphatic rings. The smallest absolute Gasteiger partial charge is 0.338 e. The van der Waals surface area contributed by atoms with Crippen molar-refractivity contribution in [3.8, 4) is 17.2 Å². The van der Waals surface area contributed by atoms with Crippen molar-refractivity contribution in [2.24, 2.45) is 4.99 Å². The summed E-state index contributed by atoms with van der Waals surface area (Å²) in [6, 6.07) is 17.0. The number of amides is 1. The van der Waals surface area contributed by atoms with E-state index in [1.807, 2.05) is 19.1 Å². The summed E-state index contributed by atoms with van der Waals surface area (Å²) < 4.78 is 24.0. The maximum atomic E-state index is 14.0. The lowest BCUT2D eigenvalue weighted by molar-refractivity contribution is -0.384. The lowest BCUT2D eigenvalue weighted by atomic mass is 9.96. The molecule has 1 aliphatic heterocycles. The Bertz CT molecular complexity index is 2080. The number of allylic oxidation sites excluding steroid dienone is 1. The summed E-state index contributed by atoms with van der Waals surface area (Å²) in [5.41, 5.74) is 1.81. The van der Waals surface area contributed by atoms with Gasteiger partial charge in [-0.1, -0.05) is 35.6 Å². The predicted molar refractivity (Wildman–Crippen MR) is 178 cm³/mol. The van der Waals surface area contributed by atoms with Crippen molar-refractivity contribution in [1.29, 1.82) is 0 Å². The first-order chi connectivity index (χ1) is 23.1. The summed E-state index contributed by atoms with van der Waals surface area (Å²) >= 11 is 1.18. The van der Waals surface area contributed by atoms with E-state index in [9.17, 15) is 24.5 Å². The zero-order valence-electron chi connectivity index (χ0n) is 26.6. The second kappa shape index (κ2) is 14.8. The van der Waals surface area contributed by atoms with Gasteiger partial charge in [0.25, 0.3) is 17.2 Å². The molecule has 1 amide bonds. The first kappa shape index (κ1) is 33.6. The number of hydrogen-bond donors (Lipinski definition) is 1. The molecule has 1 N–H and O–H groups in total. The number of ether oxygens (including phenoxy) is 4. The number of nitrogens with zero attached hydrogens (tertiary/aromatic N) is 3. The van der Waals surface area contributed by atoms with Crippen LogP contribution >= 0.6 is 11.3 Å². The SMILES string of the molecule is CCOC(=O)C1=C(C)N=c2s/c(=C/c3ccc(OCC(=O)Nc4cccc([N+](=O)[O-])c4)c(OC)c3)c(=O)n2[C@H]1c1ccc(OCC)cc1. The first-order valence-electron chi connectivity index (χ1n) is 14.9. The van der Waals surface area contributed by atoms with Crippen LogP contribution in [0.2, 0.25) is 0 Å². The van der Waals surface area contributed by atoms with Crippen LogP contribution in [0.25, 0.3) is 6.08 Å². The number of nitro benzene ring substituents is 1. The highest BCUT2D eigenvalue weighted by Gasteiger charge is 2.33. The molecule has 0 saturated heterocycles. The summed E-state index contributed by atoms with van der Waals surface area (Å²) in [7, 11) is 1.44. The summed E-state index contributed by atoms with van der Waals surface area (Å²) in [5.74, 6) is 0.174. The largest absolute Gasteiger partial charge is 0.494 e. The number of thiazole rings is 1. The summed E-state index contributed by atoms with van der Waals surface area (Å²) in [4.78, 5) is 55.1. The van der Waals surface area contributed by atoms with Crippen LogP contribution in [-0.4, -0.2) is 48.3 Å². The van der Waals surface area contributed by atoms with Gasteiger partial charge >= 0.3 is 5.97 Å². The Hall–Kier alpha value is -5.76. The molecule has 0 unspecified atom stereocenters. The van der Waals surface area contributed by atoms with Crippen LogP contribution in [0.3, 0.4) is 0 Å². The normalized spacial score (nSPS) is 14.1. The van der Waals surface area contributed by atoms with Gasteiger partial charge in [0.05, 0.1) is 47.1 Å². The second-order valence-corrected chi connectivity index (χ2v) is 11.4. The van der Waals surface area contributed by atoms with Gasteiger partial charge < -0.3 is 24.3 Å². The highest BCUT2D eigenvalue weighted by Crippen LogP contribution is 2.32. The maximum absolute atomic E-state index is 14.0. The molecule has 0 fully saturated rings. The van der Waals surface area contributed by atoms with Gasteiger partial charge in [-0.25, -0.2) is 9.79 Å². The van der Waals surface area contributed by atoms with Crippen molar-refractivity contribution in [2.75, 3.05) is 32.2 Å². The van der Waals surface area contributed by atoms with Crippen LogP contribution in [0.15, 0.2) is 87.8 Å². The van der Waals surface area contributed by atoms with Gasteiger partial charge in [-0.3, -0.25) is 24.3 Å². The van der Waals surface area contributed by atoms with Crippen molar-refractivity contribution in [1.82, 2.24) is 4.57 Å². The van der Waals surface area contributed by atoms with Crippen LogP contribution in [0.1, 0.15) is 37.9 Å². The number of benzene rings is 3. The third-order valence-corrected chi connectivity index (χ3v) is 8.19. The number of carbonyl (C=O) groups is 2. The van der Waals surface area contributed by atoms with Crippen molar-refractivity contribution < 1.29 is 33.5 Å². The van der Waals surface area contributed by atoms with E-state index in [0.717, 1.165) is 0 Å². The molecule has 14 heteroatoms. The first-order valence-corrected chi connectivity index (χ1v) is 15.7. The van der Waals surface area contributed by atoms with E-state index < -0.39 is 22.8 Å². The van der Waals surface area contributed by atoms with E-state index in [4.69, 9.17) is 18.9 Å². The highest BCUT2D eigenvalue weighted by molar-refractivity contribution is 7.07. The number of non-ortho nitro benzene ring substituents is 1. The molecule has 13 nitrogen and oxygen atoms in total. The number of esters is 1. The van der Waals surface area contributed by atoms with Gasteiger partial charge in [0.2, 0.25) is 0 Å². The predicted octanol–water partition coefficient (Wildman–Crippen LogP) is 4.13. The Labute approximate surface area is 278 Å². The number of fused-ring (bicyclic) bond motifs is 1. The Morgan fingerprint density at radius 2 is 1.81 bits per heavy atom. The minimum absolute atomic E-state index is 0.153. The zero-order valence-corrected chi connectivity index (χ0v) is 27.4. The molecule has 4 aromatic rings. The average molecular weight is 673 g/mol. The van der Waals surface area contributed by atoms with Gasteiger partial charge in [-0.2, -0.15) is 0 Å². The number of nitro groups is 1. The van der Waals surface area contributed by atoms with E-state index in [1.165, 1.54) is 47.3 Å². The molecule has 0 aliphatic carbocycles. The molecule has 0 spiro atoms. The Morgan fingerprint density at radius 3 is 2.50 bits per heavy atom. The second-order valence-electron chi connectivity index (χ2n) is 10.4. The van der Waals surface area contributed by atoms with Crippen molar-refractivity contribution in [2.45, 2.75) is 26.8 Å². The lowest BCUT2D eigenvalue weighted by Crippen LogP contribution is -2.39. The van der Waals surface area contributed by atoms with Crippen LogP contribution < -0.4 is 34.4 Å². The number of rotatable bonds is 12. The molecule has 3 aromatic carbocycles. The van der Waals surface area contributed by atoms with Crippen molar-refractivity contribution in [3.63, 3.8) is 0 Å². The van der Waals surface area contributed by atoms with Crippen LogP contribution in [-0.2, 0) is 14.3 Å². The fourth-order valence-corrected chi connectivity index (χ4v) is 6.15. The van der Waals surface area contributed by atoms with Gasteiger partial charge in [0.15, 0.2) is 22.9 Å². The van der Waals surface area contributed by atoms with E-state index in [2.05, 4.69) is 10.3 Å². The molecule has 248 valence electrons. The van der Waals surface area contributed by atoms with Crippen LogP contribution in [0.4, 0.5) is 11.4 Å². The van der Waals surface area contributed by atoms with E-state index in [-0.39, 0.29) is 41.5 Å². The fourth-order valence-electron chi connectivity index (χ4n) is 5.10. The summed E-state index contributed by atoms with van der Waals surface area (Å²) in [6.45, 7) is 5.60. The standard InChI is InChI=1S/C34H32N4O9S/c1-5-45-25-13-11-22(12-14-25)31-30(33(41)46-6-2)20(3)35-34-37(31)32(40)28(48-34)17-21-10-15-26(27(16-21)44-4)47-19-29(39)36-23-8-7-9-24(18-23)38(42)43/h7-18,31H,5-6,19H2,1-4H3,(H,36,39)/b28-17+/t31-/m0/s1. The Balaban J connectivity index is 1.43. The molecule has 0 saturated carbocycles. The molecule has 1 atom stereocenters. The molecule has 48 heavy (non-hydrogen) atoms. The molecular weight excluding hydrogens is 640 g/mol. The average Bonchev–Trinajstić information content (AvgIpc) is 3.37. The van der Waals surface area contributed by atoms with Crippen LogP contribution in [0.5, 0.6) is 17.2 Å². The third-order valence-electron chi connectivity index (χ3n) is 7.21. The fraction of sp³-hybridized carbons (Fsp3) is 0.235. The number of nitrogens with one attached hydrogen (secondary N) is 1. The zero-order chi connectivity index (χ0) is 34.4. The minimum atomic E-state index is -0.767. The van der Waals surface area contributed by atoms with Gasteiger partial charge in [0, 0.05) is 17.8 Å². The molecular formula is C34H32N4O9S. The number of carbonyl (C=O) groups excluding carboxylic acids is 2. The minimum Gasteiger partial charge on any atom is -0.494 e. The van der Waals surface area contributed by atoms with E-state index in [1.54, 1.807) is 50.3 Å². The van der Waals surface area contributed by atoms with Gasteiger partial charge in [-0.05, 0) is 68.3 Å². The van der Waals surface area contributed by atoms with Crippen molar-refractivity contribution in [3.05, 3.63) is 119 Å². The summed E-state index contributed by atoms with van der Waals surface area (Å²) in [5, 5.41) is 13.6. The third kappa shape index (κ3) is 7.28. The number of hydrogen-bond acceptors (Lipinski definition) is 11. The van der Waals surface area contributed by atoms with Gasteiger partial charge in [0.1, 0.15) is 5.75 Å². The van der Waals surface area contributed by atoms with Gasteiger partial charge in [-0.15, -0.1) is 0 Å². The lowest BCUT2D eigenvalue weighted by Gasteiger charge is -2.24.